The van der Waals surface area contributed by atoms with Crippen LogP contribution >= 0.6 is 11.6 Å². The van der Waals surface area contributed by atoms with Crippen LogP contribution in [0.3, 0.4) is 0 Å². The van der Waals surface area contributed by atoms with E-state index in [1.807, 2.05) is 79.7 Å². The molecule has 2 aromatic carbocycles. The molecule has 5 nitrogen and oxygen atoms in total. The molecule has 1 N–H and O–H groups in total. The molecular weight excluding hydrogens is 412 g/mol. The second kappa shape index (κ2) is 9.52. The average molecular weight is 437 g/mol. The van der Waals surface area contributed by atoms with Crippen LogP contribution in [0.25, 0.3) is 10.9 Å². The molecule has 0 aliphatic heterocycles. The lowest BCUT2D eigenvalue weighted by molar-refractivity contribution is 0.252. The molecule has 0 aliphatic carbocycles. The molecule has 2 aromatic heterocycles. The maximum atomic E-state index is 10.3. The molecule has 6 heteroatoms. The van der Waals surface area contributed by atoms with Crippen LogP contribution < -0.4 is 4.74 Å². The quantitative estimate of drug-likeness (QED) is 0.409. The number of benzene rings is 2. The highest BCUT2D eigenvalue weighted by atomic mass is 35.5. The summed E-state index contributed by atoms with van der Waals surface area (Å²) >= 11 is 6.60. The van der Waals surface area contributed by atoms with Crippen molar-refractivity contribution >= 4 is 22.5 Å². The molecule has 0 spiro atoms. The number of halogens is 1. The zero-order valence-electron chi connectivity index (χ0n) is 17.6. The first-order chi connectivity index (χ1) is 15.1. The minimum absolute atomic E-state index is 0.148. The first kappa shape index (κ1) is 21.4. The number of furan rings is 1. The Balaban J connectivity index is 1.78. The van der Waals surface area contributed by atoms with E-state index in [1.54, 1.807) is 6.20 Å². The highest BCUT2D eigenvalue weighted by molar-refractivity contribution is 6.35. The van der Waals surface area contributed by atoms with Gasteiger partial charge < -0.3 is 19.2 Å². The molecule has 31 heavy (non-hydrogen) atoms. The van der Waals surface area contributed by atoms with Crippen molar-refractivity contribution in [3.05, 3.63) is 94.5 Å². The fraction of sp³-hybridized carbons (Fsp3) is 0.240. The summed E-state index contributed by atoms with van der Waals surface area (Å²) in [5.74, 6) is 1.67. The van der Waals surface area contributed by atoms with E-state index in [0.717, 1.165) is 22.3 Å². The Morgan fingerprint density at radius 1 is 1.10 bits per heavy atom. The molecule has 0 bridgehead atoms. The molecule has 0 amide bonds. The van der Waals surface area contributed by atoms with E-state index in [4.69, 9.17) is 20.8 Å². The molecule has 1 unspecified atom stereocenters. The van der Waals surface area contributed by atoms with Gasteiger partial charge in [0.2, 0.25) is 0 Å². The summed E-state index contributed by atoms with van der Waals surface area (Å²) in [4.78, 5) is 6.57. The number of hydrogen-bond donors (Lipinski definition) is 1. The highest BCUT2D eigenvalue weighted by Gasteiger charge is 2.25. The first-order valence-corrected chi connectivity index (χ1v) is 10.5. The van der Waals surface area contributed by atoms with Gasteiger partial charge in [-0.05, 0) is 50.0 Å². The van der Waals surface area contributed by atoms with Crippen molar-refractivity contribution < 1.29 is 14.3 Å². The Morgan fingerprint density at radius 3 is 2.65 bits per heavy atom. The summed E-state index contributed by atoms with van der Waals surface area (Å²) in [6.07, 6.45) is 1.72. The van der Waals surface area contributed by atoms with Crippen molar-refractivity contribution in [2.24, 2.45) is 0 Å². The monoisotopic (exact) mass is 436 g/mol. The van der Waals surface area contributed by atoms with Crippen molar-refractivity contribution in [1.82, 2.24) is 9.88 Å². The molecule has 1 atom stereocenters. The van der Waals surface area contributed by atoms with Crippen LogP contribution in [0.5, 0.6) is 5.75 Å². The van der Waals surface area contributed by atoms with Crippen molar-refractivity contribution in [2.75, 3.05) is 20.7 Å². The van der Waals surface area contributed by atoms with Crippen LogP contribution in [-0.2, 0) is 13.2 Å². The van der Waals surface area contributed by atoms with E-state index in [-0.39, 0.29) is 6.61 Å². The van der Waals surface area contributed by atoms with Gasteiger partial charge in [-0.15, -0.1) is 0 Å². The molecule has 160 valence electrons. The number of fused-ring (bicyclic) bond motifs is 1. The zero-order valence-corrected chi connectivity index (χ0v) is 18.3. The van der Waals surface area contributed by atoms with Crippen LogP contribution in [0, 0.1) is 0 Å². The van der Waals surface area contributed by atoms with Crippen molar-refractivity contribution in [2.45, 2.75) is 19.1 Å². The number of pyridine rings is 1. The van der Waals surface area contributed by atoms with Gasteiger partial charge in [0.05, 0.1) is 24.1 Å². The number of rotatable bonds is 8. The topological polar surface area (TPSA) is 58.7 Å². The number of nitrogens with zero attached hydrogens (tertiary/aromatic N) is 2. The van der Waals surface area contributed by atoms with Gasteiger partial charge in [0, 0.05) is 17.1 Å². The van der Waals surface area contributed by atoms with Gasteiger partial charge in [0.1, 0.15) is 29.4 Å². The summed E-state index contributed by atoms with van der Waals surface area (Å²) in [6, 6.07) is 19.4. The molecule has 0 aliphatic rings. The summed E-state index contributed by atoms with van der Waals surface area (Å²) in [5.41, 5.74) is 2.46. The van der Waals surface area contributed by atoms with E-state index in [1.165, 1.54) is 0 Å². The maximum Gasteiger partial charge on any atom is 0.150 e. The molecule has 0 saturated carbocycles. The molecule has 0 saturated heterocycles. The van der Waals surface area contributed by atoms with Crippen molar-refractivity contribution in [1.29, 1.82) is 0 Å². The number of aliphatic hydroxyl groups excluding tert-OH is 1. The van der Waals surface area contributed by atoms with Gasteiger partial charge >= 0.3 is 0 Å². The van der Waals surface area contributed by atoms with Crippen LogP contribution in [-0.4, -0.2) is 35.7 Å². The Morgan fingerprint density at radius 2 is 1.90 bits per heavy atom. The lowest BCUT2D eigenvalue weighted by Gasteiger charge is -2.20. The summed E-state index contributed by atoms with van der Waals surface area (Å²) in [6.45, 7) is 0.907. The fourth-order valence-corrected chi connectivity index (χ4v) is 3.93. The summed E-state index contributed by atoms with van der Waals surface area (Å²) in [5, 5.41) is 11.7. The van der Waals surface area contributed by atoms with Gasteiger partial charge in [-0.3, -0.25) is 4.98 Å². The van der Waals surface area contributed by atoms with E-state index >= 15 is 0 Å². The standard InChI is InChI=1S/C25H25ClN2O3/c1-28(2)14-18-10-11-23(31-18)21(15-29)20-13-22(26)19-9-6-12-27-24(19)25(20)30-16-17-7-4-3-5-8-17/h3-13,21,29H,14-16H2,1-2H3. The molecule has 4 rings (SSSR count). The van der Waals surface area contributed by atoms with Gasteiger partial charge in [0.25, 0.3) is 0 Å². The van der Waals surface area contributed by atoms with Crippen LogP contribution in [0.15, 0.2) is 71.3 Å². The van der Waals surface area contributed by atoms with Gasteiger partial charge in [-0.1, -0.05) is 41.9 Å². The Bertz CT molecular complexity index is 1160. The van der Waals surface area contributed by atoms with Gasteiger partial charge in [0.15, 0.2) is 0 Å². The van der Waals surface area contributed by atoms with Gasteiger partial charge in [-0.2, -0.15) is 0 Å². The van der Waals surface area contributed by atoms with Crippen molar-refractivity contribution in [3.63, 3.8) is 0 Å². The van der Waals surface area contributed by atoms with Crippen LogP contribution in [0.1, 0.15) is 28.6 Å². The fourth-order valence-electron chi connectivity index (χ4n) is 3.66. The third-order valence-corrected chi connectivity index (χ3v) is 5.42. The first-order valence-electron chi connectivity index (χ1n) is 10.1. The highest BCUT2D eigenvalue weighted by Crippen LogP contribution is 2.40. The summed E-state index contributed by atoms with van der Waals surface area (Å²) in [7, 11) is 3.96. The number of aromatic nitrogens is 1. The average Bonchev–Trinajstić information content (AvgIpc) is 3.22. The third kappa shape index (κ3) is 4.74. The third-order valence-electron chi connectivity index (χ3n) is 5.11. The second-order valence-corrected chi connectivity index (χ2v) is 8.13. The van der Waals surface area contributed by atoms with E-state index < -0.39 is 5.92 Å². The minimum atomic E-state index is -0.425. The molecule has 4 aromatic rings. The molecular formula is C25H25ClN2O3. The van der Waals surface area contributed by atoms with E-state index in [9.17, 15) is 5.11 Å². The van der Waals surface area contributed by atoms with E-state index in [2.05, 4.69) is 4.98 Å². The smallest absolute Gasteiger partial charge is 0.150 e. The predicted molar refractivity (Wildman–Crippen MR) is 123 cm³/mol. The van der Waals surface area contributed by atoms with Crippen LogP contribution in [0.2, 0.25) is 5.02 Å². The molecule has 0 fully saturated rings. The van der Waals surface area contributed by atoms with Gasteiger partial charge in [-0.25, -0.2) is 0 Å². The molecule has 2 heterocycles. The van der Waals surface area contributed by atoms with E-state index in [0.29, 0.717) is 35.2 Å². The van der Waals surface area contributed by atoms with Crippen molar-refractivity contribution in [3.8, 4) is 5.75 Å². The minimum Gasteiger partial charge on any atom is -0.486 e. The SMILES string of the molecule is CN(C)Cc1ccc(C(CO)c2cc(Cl)c3cccnc3c2OCc2ccccc2)o1. The van der Waals surface area contributed by atoms with Crippen LogP contribution in [0.4, 0.5) is 0 Å². The Hall–Kier alpha value is -2.86. The zero-order chi connectivity index (χ0) is 21.8. The largest absolute Gasteiger partial charge is 0.486 e. The summed E-state index contributed by atoms with van der Waals surface area (Å²) < 4.78 is 12.3. The Kier molecular flexibility index (Phi) is 6.56. The lowest BCUT2D eigenvalue weighted by Crippen LogP contribution is -2.11. The predicted octanol–water partition coefficient (Wildman–Crippen LogP) is 5.25. The Labute approximate surface area is 186 Å². The second-order valence-electron chi connectivity index (χ2n) is 7.73. The maximum absolute atomic E-state index is 10.3. The molecule has 0 radical (unpaired) electrons. The number of ether oxygens (including phenoxy) is 1. The normalized spacial score (nSPS) is 12.4. The number of hydrogen-bond acceptors (Lipinski definition) is 5. The lowest BCUT2D eigenvalue weighted by atomic mass is 9.94. The number of aliphatic hydroxyl groups is 1.